The Balaban J connectivity index is 1.95. The normalized spacial score (nSPS) is 26.1. The third-order valence-corrected chi connectivity index (χ3v) is 10.3. The first-order valence-corrected chi connectivity index (χ1v) is 13.4. The van der Waals surface area contributed by atoms with Gasteiger partial charge in [0.15, 0.2) is 19.7 Å². The summed E-state index contributed by atoms with van der Waals surface area (Å²) < 4.78 is 57.1. The number of hydrogen-bond donors (Lipinski definition) is 1. The van der Waals surface area contributed by atoms with Crippen LogP contribution in [0.1, 0.15) is 49.7 Å². The van der Waals surface area contributed by atoms with Gasteiger partial charge < -0.3 is 10.1 Å². The van der Waals surface area contributed by atoms with Gasteiger partial charge in [0.1, 0.15) is 10.6 Å². The maximum absolute atomic E-state index is 13.5. The van der Waals surface area contributed by atoms with Gasteiger partial charge in [-0.3, -0.25) is 0 Å². The van der Waals surface area contributed by atoms with Crippen molar-refractivity contribution in [3.8, 4) is 5.75 Å². The topological polar surface area (TPSA) is 89.5 Å². The molecule has 158 valence electrons. The summed E-state index contributed by atoms with van der Waals surface area (Å²) in [5.41, 5.74) is 1.77. The summed E-state index contributed by atoms with van der Waals surface area (Å²) in [6, 6.07) is 2.92. The zero-order chi connectivity index (χ0) is 20.5. The summed E-state index contributed by atoms with van der Waals surface area (Å²) in [5, 5.41) is 2.41. The highest BCUT2D eigenvalue weighted by atomic mass is 32.2. The molecule has 1 aromatic carbocycles. The summed E-state index contributed by atoms with van der Waals surface area (Å²) in [6.45, 7) is 3.74. The summed E-state index contributed by atoms with van der Waals surface area (Å²) in [5.74, 6) is -0.184. The van der Waals surface area contributed by atoms with Crippen LogP contribution in [0, 0.1) is 13.8 Å². The maximum atomic E-state index is 13.5. The summed E-state index contributed by atoms with van der Waals surface area (Å²) >= 11 is 0. The minimum atomic E-state index is -3.87. The molecule has 2 fully saturated rings. The summed E-state index contributed by atoms with van der Waals surface area (Å²) in [7, 11) is -5.84. The second kappa shape index (κ2) is 8.32. The molecule has 0 aromatic heterocycles. The van der Waals surface area contributed by atoms with Crippen molar-refractivity contribution in [2.75, 3.05) is 18.6 Å². The Hall–Kier alpha value is -1.12. The smallest absolute Gasteiger partial charge is 0.187 e. The highest BCUT2D eigenvalue weighted by Gasteiger charge is 2.47. The molecule has 1 saturated heterocycles. The first kappa shape index (κ1) is 21.6. The number of sulfone groups is 2. The van der Waals surface area contributed by atoms with Crippen LogP contribution in [-0.2, 0) is 19.7 Å². The fraction of sp³-hybridized carbons (Fsp3) is 0.700. The van der Waals surface area contributed by atoms with E-state index in [4.69, 9.17) is 4.74 Å². The molecule has 8 heteroatoms. The van der Waals surface area contributed by atoms with Crippen molar-refractivity contribution >= 4 is 19.7 Å². The number of hydrogen-bond acceptors (Lipinski definition) is 6. The van der Waals surface area contributed by atoms with E-state index in [1.807, 2.05) is 13.8 Å². The molecule has 1 saturated carbocycles. The first-order chi connectivity index (χ1) is 13.1. The van der Waals surface area contributed by atoms with E-state index in [1.54, 1.807) is 12.1 Å². The second-order valence-electron chi connectivity index (χ2n) is 8.21. The monoisotopic (exact) mass is 429 g/mol. The molecule has 28 heavy (non-hydrogen) atoms. The minimum absolute atomic E-state index is 0.0906. The van der Waals surface area contributed by atoms with Crippen LogP contribution >= 0.6 is 0 Å². The van der Waals surface area contributed by atoms with Crippen molar-refractivity contribution < 1.29 is 21.6 Å². The molecular formula is C20H31NO5S2. The van der Waals surface area contributed by atoms with Gasteiger partial charge in [0, 0.05) is 12.1 Å². The van der Waals surface area contributed by atoms with Crippen LogP contribution in [-0.4, -0.2) is 52.8 Å². The van der Waals surface area contributed by atoms with Gasteiger partial charge in [-0.2, -0.15) is 0 Å². The van der Waals surface area contributed by atoms with Crippen molar-refractivity contribution in [3.63, 3.8) is 0 Å². The average molecular weight is 430 g/mol. The molecule has 2 atom stereocenters. The highest BCUT2D eigenvalue weighted by Crippen LogP contribution is 2.34. The molecule has 0 spiro atoms. The van der Waals surface area contributed by atoms with Gasteiger partial charge in [0.05, 0.1) is 23.9 Å². The van der Waals surface area contributed by atoms with Crippen LogP contribution in [0.5, 0.6) is 5.75 Å². The van der Waals surface area contributed by atoms with E-state index in [0.29, 0.717) is 0 Å². The van der Waals surface area contributed by atoms with E-state index in [2.05, 4.69) is 5.32 Å². The van der Waals surface area contributed by atoms with E-state index in [0.717, 1.165) is 36.8 Å². The van der Waals surface area contributed by atoms with Crippen molar-refractivity contribution in [1.29, 1.82) is 0 Å². The van der Waals surface area contributed by atoms with Gasteiger partial charge in [0.2, 0.25) is 0 Å². The fourth-order valence-corrected chi connectivity index (χ4v) is 9.24. The molecular weight excluding hydrogens is 398 g/mol. The van der Waals surface area contributed by atoms with Crippen molar-refractivity contribution in [1.82, 2.24) is 5.32 Å². The number of aryl methyl sites for hydroxylation is 2. The van der Waals surface area contributed by atoms with Gasteiger partial charge in [-0.1, -0.05) is 25.7 Å². The van der Waals surface area contributed by atoms with E-state index < -0.39 is 31.0 Å². The second-order valence-corrected chi connectivity index (χ2v) is 12.5. The fourth-order valence-electron chi connectivity index (χ4n) is 4.33. The van der Waals surface area contributed by atoms with E-state index in [9.17, 15) is 16.8 Å². The molecule has 1 N–H and O–H groups in total. The lowest BCUT2D eigenvalue weighted by Crippen LogP contribution is -2.47. The number of nitrogens with one attached hydrogen (secondary N) is 1. The Morgan fingerprint density at radius 3 is 2.21 bits per heavy atom. The van der Waals surface area contributed by atoms with Crippen molar-refractivity contribution in [2.45, 2.75) is 74.6 Å². The summed E-state index contributed by atoms with van der Waals surface area (Å²) in [4.78, 5) is 0.0906. The average Bonchev–Trinajstić information content (AvgIpc) is 2.79. The molecule has 0 amide bonds. The Bertz CT molecular complexity index is 916. The van der Waals surface area contributed by atoms with E-state index in [1.165, 1.54) is 20.0 Å². The largest absolute Gasteiger partial charge is 0.495 e. The molecule has 1 aliphatic carbocycles. The predicted molar refractivity (Wildman–Crippen MR) is 111 cm³/mol. The standard InChI is InChI=1S/C20H31NO5S2/c1-14-10-18(26-3)19(11-15(14)2)28(24,25)20-13-27(22,23)12-17(20)21-16-8-6-4-5-7-9-16/h10-11,16-17,20-21H,4-9,12-13H2,1-3H3/t17-,20-/m0/s1. The van der Waals surface area contributed by atoms with Crippen LogP contribution < -0.4 is 10.1 Å². The Morgan fingerprint density at radius 2 is 1.61 bits per heavy atom. The molecule has 1 aromatic rings. The molecule has 2 aliphatic rings. The van der Waals surface area contributed by atoms with Gasteiger partial charge in [-0.05, 0) is 49.9 Å². The van der Waals surface area contributed by atoms with Crippen LogP contribution in [0.25, 0.3) is 0 Å². The van der Waals surface area contributed by atoms with Crippen LogP contribution in [0.15, 0.2) is 17.0 Å². The van der Waals surface area contributed by atoms with Gasteiger partial charge in [-0.25, -0.2) is 16.8 Å². The summed E-state index contributed by atoms with van der Waals surface area (Å²) in [6.07, 6.45) is 6.50. The van der Waals surface area contributed by atoms with E-state index in [-0.39, 0.29) is 28.2 Å². The molecule has 0 radical (unpaired) electrons. The lowest BCUT2D eigenvalue weighted by Gasteiger charge is -2.26. The maximum Gasteiger partial charge on any atom is 0.187 e. The third kappa shape index (κ3) is 4.54. The predicted octanol–water partition coefficient (Wildman–Crippen LogP) is 2.56. The molecule has 6 nitrogen and oxygen atoms in total. The first-order valence-electron chi connectivity index (χ1n) is 9.99. The van der Waals surface area contributed by atoms with Gasteiger partial charge in [-0.15, -0.1) is 0 Å². The number of rotatable bonds is 5. The third-order valence-electron chi connectivity index (χ3n) is 6.09. The molecule has 0 bridgehead atoms. The molecule has 1 heterocycles. The Morgan fingerprint density at radius 1 is 1.00 bits per heavy atom. The highest BCUT2D eigenvalue weighted by molar-refractivity contribution is 7.96. The molecule has 1 aliphatic heterocycles. The minimum Gasteiger partial charge on any atom is -0.495 e. The van der Waals surface area contributed by atoms with Crippen molar-refractivity contribution in [2.24, 2.45) is 0 Å². The quantitative estimate of drug-likeness (QED) is 0.724. The van der Waals surface area contributed by atoms with Gasteiger partial charge in [0.25, 0.3) is 0 Å². The Kier molecular flexibility index (Phi) is 6.41. The van der Waals surface area contributed by atoms with Crippen molar-refractivity contribution in [3.05, 3.63) is 23.3 Å². The van der Waals surface area contributed by atoms with E-state index >= 15 is 0 Å². The number of ether oxygens (including phenoxy) is 1. The molecule has 0 unspecified atom stereocenters. The SMILES string of the molecule is COc1cc(C)c(C)cc1S(=O)(=O)[C@H]1CS(=O)(=O)C[C@@H]1NC1CCCCCC1. The zero-order valence-corrected chi connectivity index (χ0v) is 18.5. The number of methoxy groups -OCH3 is 1. The van der Waals surface area contributed by atoms with Crippen LogP contribution in [0.4, 0.5) is 0 Å². The van der Waals surface area contributed by atoms with Gasteiger partial charge >= 0.3 is 0 Å². The van der Waals surface area contributed by atoms with Crippen LogP contribution in [0.3, 0.4) is 0 Å². The zero-order valence-electron chi connectivity index (χ0n) is 16.9. The molecule has 3 rings (SSSR count). The lowest BCUT2D eigenvalue weighted by molar-refractivity contribution is 0.397. The van der Waals surface area contributed by atoms with Crippen LogP contribution in [0.2, 0.25) is 0 Å². The Labute approximate surface area is 168 Å². The lowest BCUT2D eigenvalue weighted by atomic mass is 10.1. The number of benzene rings is 1.